The molecule has 0 aliphatic heterocycles. The first kappa shape index (κ1) is 15.2. The molecule has 0 saturated carbocycles. The molecule has 21 heavy (non-hydrogen) atoms. The fourth-order valence-electron chi connectivity index (χ4n) is 1.89. The van der Waals surface area contributed by atoms with E-state index < -0.39 is 21.7 Å². The predicted molar refractivity (Wildman–Crippen MR) is 77.4 cm³/mol. The highest BCUT2D eigenvalue weighted by atomic mass is 32.2. The van der Waals surface area contributed by atoms with Gasteiger partial charge in [-0.1, -0.05) is 13.0 Å². The summed E-state index contributed by atoms with van der Waals surface area (Å²) < 4.78 is 53.2. The molecule has 112 valence electrons. The number of sulfonamides is 1. The van der Waals surface area contributed by atoms with Crippen LogP contribution in [0.3, 0.4) is 0 Å². The Morgan fingerprint density at radius 3 is 2.48 bits per heavy atom. The van der Waals surface area contributed by atoms with Gasteiger partial charge in [0.25, 0.3) is 10.0 Å². The molecular weight excluding hydrogens is 298 g/mol. The third-order valence-corrected chi connectivity index (χ3v) is 4.38. The number of hydrogen-bond donors (Lipinski definition) is 2. The minimum absolute atomic E-state index is 0.0197. The zero-order valence-corrected chi connectivity index (χ0v) is 12.0. The van der Waals surface area contributed by atoms with Crippen LogP contribution in [-0.2, 0) is 16.4 Å². The van der Waals surface area contributed by atoms with E-state index in [1.165, 1.54) is 6.07 Å². The summed E-state index contributed by atoms with van der Waals surface area (Å²) in [5.74, 6) is -1.77. The highest BCUT2D eigenvalue weighted by Crippen LogP contribution is 2.24. The van der Waals surface area contributed by atoms with Crippen molar-refractivity contribution in [3.05, 3.63) is 53.6 Å². The van der Waals surface area contributed by atoms with Gasteiger partial charge >= 0.3 is 0 Å². The van der Waals surface area contributed by atoms with E-state index in [1.807, 2.05) is 0 Å². The predicted octanol–water partition coefficient (Wildman–Crippen LogP) is 2.91. The van der Waals surface area contributed by atoms with Crippen LogP contribution in [0.2, 0.25) is 0 Å². The first-order chi connectivity index (χ1) is 9.83. The molecule has 7 heteroatoms. The van der Waals surface area contributed by atoms with Gasteiger partial charge in [-0.2, -0.15) is 0 Å². The second kappa shape index (κ2) is 5.69. The van der Waals surface area contributed by atoms with Crippen LogP contribution in [0.25, 0.3) is 0 Å². The number of halogens is 2. The molecule has 0 heterocycles. The number of nitrogen functional groups attached to an aromatic ring is 1. The summed E-state index contributed by atoms with van der Waals surface area (Å²) in [5, 5.41) is 0. The SMILES string of the molecule is CCc1ccc(N)cc1S(=O)(=O)Nc1ccc(F)cc1F. The topological polar surface area (TPSA) is 72.2 Å². The Hall–Kier alpha value is -2.15. The van der Waals surface area contributed by atoms with E-state index >= 15 is 0 Å². The van der Waals surface area contributed by atoms with Crippen molar-refractivity contribution in [2.75, 3.05) is 10.5 Å². The van der Waals surface area contributed by atoms with Gasteiger partial charge in [0, 0.05) is 11.8 Å². The summed E-state index contributed by atoms with van der Waals surface area (Å²) in [6.07, 6.45) is 0.475. The largest absolute Gasteiger partial charge is 0.399 e. The highest BCUT2D eigenvalue weighted by molar-refractivity contribution is 7.92. The van der Waals surface area contributed by atoms with E-state index in [9.17, 15) is 17.2 Å². The van der Waals surface area contributed by atoms with Crippen molar-refractivity contribution < 1.29 is 17.2 Å². The van der Waals surface area contributed by atoms with Gasteiger partial charge < -0.3 is 5.73 Å². The van der Waals surface area contributed by atoms with E-state index in [0.29, 0.717) is 18.1 Å². The lowest BCUT2D eigenvalue weighted by molar-refractivity contribution is 0.582. The van der Waals surface area contributed by atoms with Crippen molar-refractivity contribution in [1.82, 2.24) is 0 Å². The van der Waals surface area contributed by atoms with Gasteiger partial charge in [-0.3, -0.25) is 4.72 Å². The van der Waals surface area contributed by atoms with Crippen LogP contribution in [-0.4, -0.2) is 8.42 Å². The number of rotatable bonds is 4. The number of nitrogens with one attached hydrogen (secondary N) is 1. The Morgan fingerprint density at radius 2 is 1.86 bits per heavy atom. The summed E-state index contributed by atoms with van der Waals surface area (Å²) in [6, 6.07) is 7.11. The number of nitrogens with two attached hydrogens (primary N) is 1. The maximum absolute atomic E-state index is 13.6. The third-order valence-electron chi connectivity index (χ3n) is 2.94. The van der Waals surface area contributed by atoms with Crippen LogP contribution in [0, 0.1) is 11.6 Å². The lowest BCUT2D eigenvalue weighted by atomic mass is 10.1. The van der Waals surface area contributed by atoms with Crippen LogP contribution < -0.4 is 10.5 Å². The van der Waals surface area contributed by atoms with Crippen LogP contribution in [0.5, 0.6) is 0 Å². The van der Waals surface area contributed by atoms with E-state index in [0.717, 1.165) is 12.1 Å². The Bertz CT molecular complexity index is 777. The Kier molecular flexibility index (Phi) is 4.13. The van der Waals surface area contributed by atoms with Crippen LogP contribution in [0.15, 0.2) is 41.3 Å². The Balaban J connectivity index is 2.45. The molecule has 0 spiro atoms. The van der Waals surface area contributed by atoms with Gasteiger partial charge in [0.1, 0.15) is 11.6 Å². The summed E-state index contributed by atoms with van der Waals surface area (Å²) in [4.78, 5) is -0.0197. The molecule has 2 aromatic rings. The van der Waals surface area contributed by atoms with E-state index in [-0.39, 0.29) is 16.3 Å². The van der Waals surface area contributed by atoms with Crippen molar-refractivity contribution in [2.45, 2.75) is 18.2 Å². The van der Waals surface area contributed by atoms with Crippen molar-refractivity contribution in [3.8, 4) is 0 Å². The Labute approximate surface area is 121 Å². The smallest absolute Gasteiger partial charge is 0.262 e. The average Bonchev–Trinajstić information content (AvgIpc) is 2.42. The monoisotopic (exact) mass is 312 g/mol. The third kappa shape index (κ3) is 3.30. The average molecular weight is 312 g/mol. The number of benzene rings is 2. The van der Waals surface area contributed by atoms with Crippen molar-refractivity contribution in [2.24, 2.45) is 0 Å². The molecule has 0 atom stereocenters. The second-order valence-electron chi connectivity index (χ2n) is 4.45. The summed E-state index contributed by atoms with van der Waals surface area (Å²) in [7, 11) is -4.01. The first-order valence-electron chi connectivity index (χ1n) is 6.19. The highest BCUT2D eigenvalue weighted by Gasteiger charge is 2.20. The first-order valence-corrected chi connectivity index (χ1v) is 7.68. The molecule has 0 saturated heterocycles. The van der Waals surface area contributed by atoms with E-state index in [1.54, 1.807) is 19.1 Å². The molecule has 0 aromatic heterocycles. The lowest BCUT2D eigenvalue weighted by Gasteiger charge is -2.12. The van der Waals surface area contributed by atoms with Gasteiger partial charge in [0.05, 0.1) is 10.6 Å². The summed E-state index contributed by atoms with van der Waals surface area (Å²) in [6.45, 7) is 1.79. The molecule has 0 bridgehead atoms. The lowest BCUT2D eigenvalue weighted by Crippen LogP contribution is -2.16. The minimum atomic E-state index is -4.01. The maximum atomic E-state index is 13.6. The molecule has 0 radical (unpaired) electrons. The van der Waals surface area contributed by atoms with Crippen LogP contribution in [0.4, 0.5) is 20.2 Å². The molecule has 3 N–H and O–H groups in total. The fraction of sp³-hybridized carbons (Fsp3) is 0.143. The molecule has 0 aliphatic rings. The van der Waals surface area contributed by atoms with E-state index in [2.05, 4.69) is 4.72 Å². The quantitative estimate of drug-likeness (QED) is 0.853. The zero-order chi connectivity index (χ0) is 15.6. The molecular formula is C14H14F2N2O2S. The number of aryl methyl sites for hydroxylation is 1. The van der Waals surface area contributed by atoms with E-state index in [4.69, 9.17) is 5.73 Å². The number of anilines is 2. The summed E-state index contributed by atoms with van der Waals surface area (Å²) in [5.41, 5.74) is 6.13. The minimum Gasteiger partial charge on any atom is -0.399 e. The van der Waals surface area contributed by atoms with Crippen molar-refractivity contribution in [3.63, 3.8) is 0 Å². The molecule has 2 rings (SSSR count). The fourth-order valence-corrected chi connectivity index (χ4v) is 3.30. The molecule has 2 aromatic carbocycles. The van der Waals surface area contributed by atoms with Crippen molar-refractivity contribution in [1.29, 1.82) is 0 Å². The normalized spacial score (nSPS) is 11.4. The standard InChI is InChI=1S/C14H14F2N2O2S/c1-2-9-3-5-11(17)8-14(9)21(19,20)18-13-6-4-10(15)7-12(13)16/h3-8,18H,2,17H2,1H3. The van der Waals surface area contributed by atoms with Gasteiger partial charge in [-0.05, 0) is 36.2 Å². The van der Waals surface area contributed by atoms with Crippen molar-refractivity contribution >= 4 is 21.4 Å². The molecule has 0 aliphatic carbocycles. The molecule has 0 fully saturated rings. The van der Waals surface area contributed by atoms with Gasteiger partial charge in [0.15, 0.2) is 0 Å². The second-order valence-corrected chi connectivity index (χ2v) is 6.10. The number of hydrogen-bond acceptors (Lipinski definition) is 3. The van der Waals surface area contributed by atoms with Gasteiger partial charge in [0.2, 0.25) is 0 Å². The van der Waals surface area contributed by atoms with Crippen LogP contribution in [0.1, 0.15) is 12.5 Å². The summed E-state index contributed by atoms with van der Waals surface area (Å²) >= 11 is 0. The zero-order valence-electron chi connectivity index (χ0n) is 11.2. The van der Waals surface area contributed by atoms with Gasteiger partial charge in [-0.15, -0.1) is 0 Å². The maximum Gasteiger partial charge on any atom is 0.262 e. The van der Waals surface area contributed by atoms with Gasteiger partial charge in [-0.25, -0.2) is 17.2 Å². The molecule has 4 nitrogen and oxygen atoms in total. The molecule has 0 amide bonds. The van der Waals surface area contributed by atoms with Crippen LogP contribution >= 0.6 is 0 Å². The molecule has 0 unspecified atom stereocenters. The Morgan fingerprint density at radius 1 is 1.14 bits per heavy atom.